The van der Waals surface area contributed by atoms with Crippen LogP contribution >= 0.6 is 0 Å². The minimum atomic E-state index is 0.810. The summed E-state index contributed by atoms with van der Waals surface area (Å²) in [6.07, 6.45) is 12.7. The van der Waals surface area contributed by atoms with Crippen molar-refractivity contribution < 1.29 is 9.47 Å². The summed E-state index contributed by atoms with van der Waals surface area (Å²) in [5.41, 5.74) is 2.42. The van der Waals surface area contributed by atoms with E-state index in [2.05, 4.69) is 62.4 Å². The highest BCUT2D eigenvalue weighted by Crippen LogP contribution is 2.25. The lowest BCUT2D eigenvalue weighted by Crippen LogP contribution is -1.97. The van der Waals surface area contributed by atoms with Crippen LogP contribution in [0.3, 0.4) is 0 Å². The van der Waals surface area contributed by atoms with Crippen molar-refractivity contribution >= 4 is 0 Å². The summed E-state index contributed by atoms with van der Waals surface area (Å²) >= 11 is 0. The molecule has 0 atom stereocenters. The van der Waals surface area contributed by atoms with Crippen LogP contribution in [0.4, 0.5) is 0 Å². The maximum absolute atomic E-state index is 5.87. The van der Waals surface area contributed by atoms with E-state index in [1.165, 1.54) is 62.5 Å². The van der Waals surface area contributed by atoms with Crippen molar-refractivity contribution in [2.24, 2.45) is 0 Å². The summed E-state index contributed by atoms with van der Waals surface area (Å²) in [5, 5.41) is 0. The van der Waals surface area contributed by atoms with Crippen molar-refractivity contribution in [1.29, 1.82) is 0 Å². The summed E-state index contributed by atoms with van der Waals surface area (Å²) in [5.74, 6) is 1.92. The van der Waals surface area contributed by atoms with Crippen LogP contribution in [0.2, 0.25) is 0 Å². The van der Waals surface area contributed by atoms with Gasteiger partial charge >= 0.3 is 0 Å². The Hall–Kier alpha value is -1.96. The molecule has 154 valence electrons. The SMILES string of the molecule is CCCCCCCCOc1ccc(-c2ccc(OCCCCCC)cc2)cc1. The van der Waals surface area contributed by atoms with Crippen LogP contribution in [0.25, 0.3) is 11.1 Å². The summed E-state index contributed by atoms with van der Waals surface area (Å²) in [4.78, 5) is 0. The Morgan fingerprint density at radius 2 is 0.821 bits per heavy atom. The molecule has 28 heavy (non-hydrogen) atoms. The fourth-order valence-electron chi connectivity index (χ4n) is 3.28. The fraction of sp³-hybridized carbons (Fsp3) is 0.538. The van der Waals surface area contributed by atoms with Gasteiger partial charge in [0, 0.05) is 0 Å². The number of benzene rings is 2. The lowest BCUT2D eigenvalue weighted by molar-refractivity contribution is 0.304. The van der Waals surface area contributed by atoms with E-state index in [4.69, 9.17) is 9.47 Å². The first-order chi connectivity index (χ1) is 13.8. The van der Waals surface area contributed by atoms with Crippen molar-refractivity contribution in [3.05, 3.63) is 48.5 Å². The van der Waals surface area contributed by atoms with Crippen LogP contribution in [0.1, 0.15) is 78.1 Å². The van der Waals surface area contributed by atoms with Gasteiger partial charge in [-0.15, -0.1) is 0 Å². The third kappa shape index (κ3) is 8.82. The molecule has 0 aliphatic carbocycles. The highest BCUT2D eigenvalue weighted by molar-refractivity contribution is 5.64. The largest absolute Gasteiger partial charge is 0.494 e. The second kappa shape index (κ2) is 14.1. The molecule has 0 aliphatic rings. The van der Waals surface area contributed by atoms with E-state index in [0.29, 0.717) is 0 Å². The standard InChI is InChI=1S/C26H38O2/c1-3-5-7-9-10-12-22-28-26-19-15-24(16-20-26)23-13-17-25(18-14-23)27-21-11-8-6-4-2/h13-20H,3-12,21-22H2,1-2H3. The van der Waals surface area contributed by atoms with Gasteiger partial charge in [-0.3, -0.25) is 0 Å². The van der Waals surface area contributed by atoms with Crippen molar-refractivity contribution in [2.75, 3.05) is 13.2 Å². The summed E-state index contributed by atoms with van der Waals surface area (Å²) < 4.78 is 11.7. The van der Waals surface area contributed by atoms with Gasteiger partial charge in [0.2, 0.25) is 0 Å². The summed E-state index contributed by atoms with van der Waals surface area (Å²) in [7, 11) is 0. The lowest BCUT2D eigenvalue weighted by atomic mass is 10.1. The Balaban J connectivity index is 1.70. The van der Waals surface area contributed by atoms with E-state index in [9.17, 15) is 0 Å². The van der Waals surface area contributed by atoms with Gasteiger partial charge < -0.3 is 9.47 Å². The van der Waals surface area contributed by atoms with Crippen LogP contribution < -0.4 is 9.47 Å². The minimum Gasteiger partial charge on any atom is -0.494 e. The molecule has 0 aromatic heterocycles. The van der Waals surface area contributed by atoms with Crippen LogP contribution in [-0.4, -0.2) is 13.2 Å². The zero-order valence-electron chi connectivity index (χ0n) is 17.9. The van der Waals surface area contributed by atoms with Gasteiger partial charge in [-0.2, -0.15) is 0 Å². The van der Waals surface area contributed by atoms with E-state index in [1.807, 2.05) is 0 Å². The van der Waals surface area contributed by atoms with Crippen molar-refractivity contribution in [3.8, 4) is 22.6 Å². The highest BCUT2D eigenvalue weighted by atomic mass is 16.5. The Bertz CT molecular complexity index is 616. The molecule has 0 N–H and O–H groups in total. The molecule has 0 amide bonds. The third-order valence-electron chi connectivity index (χ3n) is 5.08. The normalized spacial score (nSPS) is 10.8. The molecule has 0 fully saturated rings. The molecule has 2 aromatic rings. The predicted octanol–water partition coefficient (Wildman–Crippen LogP) is 8.05. The quantitative estimate of drug-likeness (QED) is 0.290. The molecule has 2 heteroatoms. The molecule has 0 spiro atoms. The molecule has 0 radical (unpaired) electrons. The highest BCUT2D eigenvalue weighted by Gasteiger charge is 2.01. The first-order valence-electron chi connectivity index (χ1n) is 11.3. The molecular formula is C26H38O2. The van der Waals surface area contributed by atoms with Crippen LogP contribution in [0.15, 0.2) is 48.5 Å². The van der Waals surface area contributed by atoms with E-state index in [0.717, 1.165) is 37.6 Å². The van der Waals surface area contributed by atoms with Crippen LogP contribution in [0.5, 0.6) is 11.5 Å². The summed E-state index contributed by atoms with van der Waals surface area (Å²) in [6, 6.07) is 16.8. The molecule has 2 aromatic carbocycles. The zero-order valence-corrected chi connectivity index (χ0v) is 17.9. The minimum absolute atomic E-state index is 0.810. The van der Waals surface area contributed by atoms with Crippen LogP contribution in [0, 0.1) is 0 Å². The smallest absolute Gasteiger partial charge is 0.119 e. The molecule has 0 unspecified atom stereocenters. The lowest BCUT2D eigenvalue weighted by Gasteiger charge is -2.09. The predicted molar refractivity (Wildman–Crippen MR) is 120 cm³/mol. The van der Waals surface area contributed by atoms with E-state index >= 15 is 0 Å². The molecule has 0 bridgehead atoms. The number of rotatable bonds is 15. The Morgan fingerprint density at radius 1 is 0.464 bits per heavy atom. The van der Waals surface area contributed by atoms with Gasteiger partial charge in [0.05, 0.1) is 13.2 Å². The van der Waals surface area contributed by atoms with Gasteiger partial charge in [-0.1, -0.05) is 89.5 Å². The topological polar surface area (TPSA) is 18.5 Å². The summed E-state index contributed by atoms with van der Waals surface area (Å²) in [6.45, 7) is 6.11. The van der Waals surface area contributed by atoms with E-state index < -0.39 is 0 Å². The van der Waals surface area contributed by atoms with Gasteiger partial charge in [0.1, 0.15) is 11.5 Å². The van der Waals surface area contributed by atoms with Crippen molar-refractivity contribution in [1.82, 2.24) is 0 Å². The maximum atomic E-state index is 5.87. The first kappa shape index (κ1) is 22.3. The van der Waals surface area contributed by atoms with Gasteiger partial charge in [0.15, 0.2) is 0 Å². The van der Waals surface area contributed by atoms with E-state index in [1.54, 1.807) is 0 Å². The van der Waals surface area contributed by atoms with Gasteiger partial charge in [-0.05, 0) is 48.2 Å². The number of unbranched alkanes of at least 4 members (excludes halogenated alkanes) is 8. The Kier molecular flexibility index (Phi) is 11.2. The van der Waals surface area contributed by atoms with Gasteiger partial charge in [0.25, 0.3) is 0 Å². The van der Waals surface area contributed by atoms with Gasteiger partial charge in [-0.25, -0.2) is 0 Å². The Labute approximate surface area is 172 Å². The number of ether oxygens (including phenoxy) is 2. The van der Waals surface area contributed by atoms with Crippen molar-refractivity contribution in [3.63, 3.8) is 0 Å². The number of hydrogen-bond donors (Lipinski definition) is 0. The fourth-order valence-corrected chi connectivity index (χ4v) is 3.28. The zero-order chi connectivity index (χ0) is 19.9. The Morgan fingerprint density at radius 3 is 1.25 bits per heavy atom. The average molecular weight is 383 g/mol. The molecule has 0 heterocycles. The van der Waals surface area contributed by atoms with Crippen molar-refractivity contribution in [2.45, 2.75) is 78.1 Å². The second-order valence-electron chi connectivity index (χ2n) is 7.57. The maximum Gasteiger partial charge on any atom is 0.119 e. The molecule has 2 rings (SSSR count). The first-order valence-corrected chi connectivity index (χ1v) is 11.3. The van der Waals surface area contributed by atoms with E-state index in [-0.39, 0.29) is 0 Å². The molecule has 0 saturated heterocycles. The average Bonchev–Trinajstić information content (AvgIpc) is 2.74. The van der Waals surface area contributed by atoms with Crippen LogP contribution in [-0.2, 0) is 0 Å². The molecule has 0 aliphatic heterocycles. The number of hydrogen-bond acceptors (Lipinski definition) is 2. The molecule has 0 saturated carbocycles. The molecule has 2 nitrogen and oxygen atoms in total. The second-order valence-corrected chi connectivity index (χ2v) is 7.57. The molecular weight excluding hydrogens is 344 g/mol. The third-order valence-corrected chi connectivity index (χ3v) is 5.08. The monoisotopic (exact) mass is 382 g/mol.